The van der Waals surface area contributed by atoms with Crippen LogP contribution in [0.4, 0.5) is 11.8 Å². The Morgan fingerprint density at radius 2 is 2.11 bits per heavy atom. The Morgan fingerprint density at radius 1 is 1.32 bits per heavy atom. The molecule has 4 N–H and O–H groups in total. The van der Waals surface area contributed by atoms with Crippen molar-refractivity contribution in [2.24, 2.45) is 5.84 Å². The molecule has 2 rings (SSSR count). The van der Waals surface area contributed by atoms with Gasteiger partial charge in [0.1, 0.15) is 5.82 Å². The number of aromatic nitrogens is 2. The fourth-order valence-electron chi connectivity index (χ4n) is 1.77. The predicted molar refractivity (Wildman–Crippen MR) is 80.9 cm³/mol. The van der Waals surface area contributed by atoms with Gasteiger partial charge in [-0.1, -0.05) is 24.3 Å². The van der Waals surface area contributed by atoms with Gasteiger partial charge >= 0.3 is 0 Å². The molecule has 2 aromatic rings. The number of nitrogens with zero attached hydrogens (tertiary/aromatic N) is 2. The third-order valence-corrected chi connectivity index (χ3v) is 3.40. The molecular formula is C13H16BrN5. The Labute approximate surface area is 120 Å². The number of nitrogens with one attached hydrogen (secondary N) is 2. The largest absolute Gasteiger partial charge is 0.369 e. The lowest BCUT2D eigenvalue weighted by atomic mass is 10.1. The summed E-state index contributed by atoms with van der Waals surface area (Å²) in [5.41, 5.74) is 5.06. The highest BCUT2D eigenvalue weighted by molar-refractivity contribution is 9.10. The number of halogens is 1. The minimum Gasteiger partial charge on any atom is -0.369 e. The van der Waals surface area contributed by atoms with Gasteiger partial charge < -0.3 is 5.32 Å². The van der Waals surface area contributed by atoms with Crippen molar-refractivity contribution in [3.63, 3.8) is 0 Å². The lowest BCUT2D eigenvalue weighted by molar-refractivity contribution is 0.983. The molecule has 0 saturated heterocycles. The van der Waals surface area contributed by atoms with Gasteiger partial charge in [-0.2, -0.15) is 4.98 Å². The molecule has 0 fully saturated rings. The molecule has 0 amide bonds. The topological polar surface area (TPSA) is 75.9 Å². The van der Waals surface area contributed by atoms with Crippen LogP contribution in [0.2, 0.25) is 0 Å². The summed E-state index contributed by atoms with van der Waals surface area (Å²) >= 11 is 3.40. The van der Waals surface area contributed by atoms with Crippen molar-refractivity contribution in [2.75, 3.05) is 17.3 Å². The van der Waals surface area contributed by atoms with Crippen LogP contribution >= 0.6 is 15.9 Å². The summed E-state index contributed by atoms with van der Waals surface area (Å²) in [6, 6.07) is 8.36. The van der Waals surface area contributed by atoms with Crippen molar-refractivity contribution in [2.45, 2.75) is 13.3 Å². The maximum absolute atomic E-state index is 5.29. The smallest absolute Gasteiger partial charge is 0.239 e. The first-order valence-electron chi connectivity index (χ1n) is 5.98. The maximum Gasteiger partial charge on any atom is 0.239 e. The van der Waals surface area contributed by atoms with Crippen molar-refractivity contribution in [1.29, 1.82) is 0 Å². The molecule has 1 aromatic carbocycles. The normalized spacial score (nSPS) is 10.3. The van der Waals surface area contributed by atoms with Gasteiger partial charge in [0.15, 0.2) is 0 Å². The number of benzene rings is 1. The highest BCUT2D eigenvalue weighted by Gasteiger charge is 2.04. The molecule has 0 spiro atoms. The van der Waals surface area contributed by atoms with E-state index in [1.807, 2.05) is 6.07 Å². The molecule has 0 radical (unpaired) electrons. The van der Waals surface area contributed by atoms with E-state index in [2.05, 4.69) is 61.8 Å². The molecule has 0 atom stereocenters. The summed E-state index contributed by atoms with van der Waals surface area (Å²) in [5.74, 6) is 6.41. The average Bonchev–Trinajstić information content (AvgIpc) is 2.43. The number of hydrazine groups is 1. The summed E-state index contributed by atoms with van der Waals surface area (Å²) in [6.07, 6.45) is 2.60. The molecule has 1 aromatic heterocycles. The van der Waals surface area contributed by atoms with Gasteiger partial charge in [-0.25, -0.2) is 10.8 Å². The summed E-state index contributed by atoms with van der Waals surface area (Å²) in [6.45, 7) is 2.91. The molecule has 0 saturated carbocycles. The molecule has 0 unspecified atom stereocenters. The van der Waals surface area contributed by atoms with Gasteiger partial charge in [-0.3, -0.25) is 5.43 Å². The van der Waals surface area contributed by atoms with Crippen molar-refractivity contribution >= 4 is 27.7 Å². The number of nitrogen functional groups attached to an aromatic ring is 1. The molecule has 5 nitrogen and oxygen atoms in total. The molecular weight excluding hydrogens is 306 g/mol. The molecule has 19 heavy (non-hydrogen) atoms. The summed E-state index contributed by atoms with van der Waals surface area (Å²) in [4.78, 5) is 8.24. The molecule has 0 aliphatic rings. The van der Waals surface area contributed by atoms with Crippen LogP contribution in [0.15, 0.2) is 34.9 Å². The third-order valence-electron chi connectivity index (χ3n) is 2.82. The van der Waals surface area contributed by atoms with E-state index in [9.17, 15) is 0 Å². The zero-order valence-corrected chi connectivity index (χ0v) is 12.2. The minimum absolute atomic E-state index is 0.390. The van der Waals surface area contributed by atoms with Gasteiger partial charge in [-0.05, 0) is 40.4 Å². The first-order chi connectivity index (χ1) is 9.20. The van der Waals surface area contributed by atoms with Crippen LogP contribution in [0.5, 0.6) is 0 Å². The second kappa shape index (κ2) is 6.49. The Morgan fingerprint density at radius 3 is 2.84 bits per heavy atom. The summed E-state index contributed by atoms with van der Waals surface area (Å²) < 4.78 is 0.816. The molecule has 0 aliphatic carbocycles. The molecule has 0 bridgehead atoms. The zero-order valence-electron chi connectivity index (χ0n) is 10.7. The Hall–Kier alpha value is -1.66. The molecule has 6 heteroatoms. The van der Waals surface area contributed by atoms with Crippen molar-refractivity contribution in [1.82, 2.24) is 9.97 Å². The van der Waals surface area contributed by atoms with E-state index in [0.29, 0.717) is 5.95 Å². The van der Waals surface area contributed by atoms with Gasteiger partial charge in [0.25, 0.3) is 0 Å². The van der Waals surface area contributed by atoms with Crippen LogP contribution < -0.4 is 16.6 Å². The van der Waals surface area contributed by atoms with E-state index < -0.39 is 0 Å². The minimum atomic E-state index is 0.390. The van der Waals surface area contributed by atoms with Gasteiger partial charge in [0.2, 0.25) is 5.95 Å². The first-order valence-corrected chi connectivity index (χ1v) is 6.77. The fourth-order valence-corrected chi connectivity index (χ4v) is 2.10. The van der Waals surface area contributed by atoms with Crippen molar-refractivity contribution < 1.29 is 0 Å². The van der Waals surface area contributed by atoms with E-state index in [1.165, 1.54) is 11.1 Å². The van der Waals surface area contributed by atoms with Crippen LogP contribution in [0.3, 0.4) is 0 Å². The van der Waals surface area contributed by atoms with Gasteiger partial charge in [-0.15, -0.1) is 0 Å². The average molecular weight is 322 g/mol. The van der Waals surface area contributed by atoms with Crippen LogP contribution in [-0.2, 0) is 6.42 Å². The fraction of sp³-hybridized carbons (Fsp3) is 0.231. The highest BCUT2D eigenvalue weighted by Crippen LogP contribution is 2.19. The standard InChI is InChI=1S/C13H16BrN5/c1-9-4-2-3-5-10(9)6-7-16-12-11(14)8-17-13(18-12)19-15/h2-5,8H,6-7,15H2,1H3,(H2,16,17,18,19). The first kappa shape index (κ1) is 13.8. The maximum atomic E-state index is 5.29. The third kappa shape index (κ3) is 3.65. The summed E-state index contributed by atoms with van der Waals surface area (Å²) in [5, 5.41) is 3.27. The molecule has 1 heterocycles. The second-order valence-corrected chi connectivity index (χ2v) is 4.99. The zero-order chi connectivity index (χ0) is 13.7. The highest BCUT2D eigenvalue weighted by atomic mass is 79.9. The number of anilines is 2. The Kier molecular flexibility index (Phi) is 4.70. The van der Waals surface area contributed by atoms with Gasteiger partial charge in [0.05, 0.1) is 4.47 Å². The van der Waals surface area contributed by atoms with E-state index >= 15 is 0 Å². The number of hydrogen-bond donors (Lipinski definition) is 3. The number of nitrogens with two attached hydrogens (primary N) is 1. The molecule has 0 aliphatic heterocycles. The Balaban J connectivity index is 1.98. The van der Waals surface area contributed by atoms with Crippen LogP contribution in [0.25, 0.3) is 0 Å². The van der Waals surface area contributed by atoms with Crippen molar-refractivity contribution in [3.8, 4) is 0 Å². The van der Waals surface area contributed by atoms with E-state index in [-0.39, 0.29) is 0 Å². The lowest BCUT2D eigenvalue weighted by Crippen LogP contribution is -2.13. The lowest BCUT2D eigenvalue weighted by Gasteiger charge is -2.10. The van der Waals surface area contributed by atoms with Crippen LogP contribution in [0.1, 0.15) is 11.1 Å². The quantitative estimate of drug-likeness (QED) is 0.582. The van der Waals surface area contributed by atoms with Crippen molar-refractivity contribution in [3.05, 3.63) is 46.1 Å². The van der Waals surface area contributed by atoms with E-state index in [4.69, 9.17) is 5.84 Å². The number of rotatable bonds is 5. The van der Waals surface area contributed by atoms with Crippen LogP contribution in [0, 0.1) is 6.92 Å². The van der Waals surface area contributed by atoms with E-state index in [1.54, 1.807) is 6.20 Å². The number of hydrogen-bond acceptors (Lipinski definition) is 5. The van der Waals surface area contributed by atoms with E-state index in [0.717, 1.165) is 23.3 Å². The monoisotopic (exact) mass is 321 g/mol. The Bertz CT molecular complexity index is 558. The predicted octanol–water partition coefficient (Wildman–Crippen LogP) is 2.49. The second-order valence-electron chi connectivity index (χ2n) is 4.14. The SMILES string of the molecule is Cc1ccccc1CCNc1nc(NN)ncc1Br. The molecule has 100 valence electrons. The van der Waals surface area contributed by atoms with Gasteiger partial charge in [0, 0.05) is 12.7 Å². The summed E-state index contributed by atoms with van der Waals surface area (Å²) in [7, 11) is 0. The van der Waals surface area contributed by atoms with Crippen LogP contribution in [-0.4, -0.2) is 16.5 Å². The number of aryl methyl sites for hydroxylation is 1.